The summed E-state index contributed by atoms with van der Waals surface area (Å²) in [6.07, 6.45) is 3.14. The maximum absolute atomic E-state index is 11.8. The minimum Gasteiger partial charge on any atom is -0.399 e. The van der Waals surface area contributed by atoms with Crippen LogP contribution in [-0.4, -0.2) is 25.2 Å². The van der Waals surface area contributed by atoms with Crippen molar-refractivity contribution in [1.82, 2.24) is 5.32 Å². The molecule has 1 saturated heterocycles. The first-order valence-corrected chi connectivity index (χ1v) is 6.45. The highest BCUT2D eigenvalue weighted by molar-refractivity contribution is 5.76. The minimum absolute atomic E-state index is 0.124. The average molecular weight is 248 g/mol. The molecule has 1 aliphatic heterocycles. The summed E-state index contributed by atoms with van der Waals surface area (Å²) in [4.78, 5) is 11.8. The third kappa shape index (κ3) is 4.04. The van der Waals surface area contributed by atoms with Crippen LogP contribution in [0.3, 0.4) is 0 Å². The maximum atomic E-state index is 11.8. The highest BCUT2D eigenvalue weighted by atomic mass is 16.5. The molecule has 0 aliphatic carbocycles. The van der Waals surface area contributed by atoms with Gasteiger partial charge in [0.05, 0.1) is 0 Å². The van der Waals surface area contributed by atoms with E-state index in [4.69, 9.17) is 10.5 Å². The van der Waals surface area contributed by atoms with Crippen molar-refractivity contribution in [2.75, 3.05) is 18.9 Å². The topological polar surface area (TPSA) is 64.4 Å². The lowest BCUT2D eigenvalue weighted by atomic mass is 10.1. The summed E-state index contributed by atoms with van der Waals surface area (Å²) in [7, 11) is 0. The molecule has 0 radical (unpaired) electrons. The van der Waals surface area contributed by atoms with E-state index in [1.165, 1.54) is 0 Å². The Balaban J connectivity index is 1.72. The number of rotatable bonds is 4. The Morgan fingerprint density at radius 2 is 1.94 bits per heavy atom. The lowest BCUT2D eigenvalue weighted by molar-refractivity contribution is -0.122. The van der Waals surface area contributed by atoms with Crippen LogP contribution in [0.5, 0.6) is 0 Å². The summed E-state index contributed by atoms with van der Waals surface area (Å²) in [6.45, 7) is 1.51. The molecule has 1 heterocycles. The van der Waals surface area contributed by atoms with Gasteiger partial charge >= 0.3 is 0 Å². The van der Waals surface area contributed by atoms with Crippen LogP contribution in [0.25, 0.3) is 0 Å². The van der Waals surface area contributed by atoms with E-state index < -0.39 is 0 Å². The number of carbonyl (C=O) groups is 1. The van der Waals surface area contributed by atoms with Gasteiger partial charge in [0.2, 0.25) is 5.91 Å². The molecule has 1 aromatic rings. The minimum atomic E-state index is 0.124. The molecule has 2 rings (SSSR count). The van der Waals surface area contributed by atoms with Gasteiger partial charge in [-0.25, -0.2) is 0 Å². The van der Waals surface area contributed by atoms with E-state index in [1.807, 2.05) is 24.3 Å². The molecular weight excluding hydrogens is 228 g/mol. The Bertz CT molecular complexity index is 383. The fourth-order valence-electron chi connectivity index (χ4n) is 2.08. The molecule has 0 saturated carbocycles. The molecule has 0 aromatic heterocycles. The zero-order valence-electron chi connectivity index (χ0n) is 10.5. The molecule has 0 spiro atoms. The third-order valence-electron chi connectivity index (χ3n) is 3.21. The van der Waals surface area contributed by atoms with Crippen LogP contribution in [0.15, 0.2) is 24.3 Å². The number of ether oxygens (including phenoxy) is 1. The number of nitrogens with two attached hydrogens (primary N) is 1. The zero-order chi connectivity index (χ0) is 12.8. The van der Waals surface area contributed by atoms with Crippen molar-refractivity contribution >= 4 is 11.6 Å². The molecule has 0 bridgehead atoms. The van der Waals surface area contributed by atoms with Gasteiger partial charge < -0.3 is 15.8 Å². The van der Waals surface area contributed by atoms with Gasteiger partial charge in [0.1, 0.15) is 0 Å². The van der Waals surface area contributed by atoms with Crippen molar-refractivity contribution in [2.45, 2.75) is 31.7 Å². The van der Waals surface area contributed by atoms with Gasteiger partial charge in [-0.3, -0.25) is 4.79 Å². The lowest BCUT2D eigenvalue weighted by Gasteiger charge is -2.23. The molecule has 4 heteroatoms. The number of benzene rings is 1. The molecule has 3 N–H and O–H groups in total. The molecule has 1 aliphatic rings. The van der Waals surface area contributed by atoms with Gasteiger partial charge in [-0.05, 0) is 37.0 Å². The van der Waals surface area contributed by atoms with Crippen LogP contribution in [0.2, 0.25) is 0 Å². The summed E-state index contributed by atoms with van der Waals surface area (Å²) in [5, 5.41) is 3.06. The van der Waals surface area contributed by atoms with Crippen molar-refractivity contribution in [1.29, 1.82) is 0 Å². The van der Waals surface area contributed by atoms with Gasteiger partial charge in [-0.15, -0.1) is 0 Å². The smallest absolute Gasteiger partial charge is 0.220 e. The quantitative estimate of drug-likeness (QED) is 0.794. The molecule has 4 nitrogen and oxygen atoms in total. The summed E-state index contributed by atoms with van der Waals surface area (Å²) in [6, 6.07) is 7.96. The second-order valence-electron chi connectivity index (χ2n) is 4.70. The van der Waals surface area contributed by atoms with Crippen molar-refractivity contribution < 1.29 is 9.53 Å². The van der Waals surface area contributed by atoms with Crippen LogP contribution < -0.4 is 11.1 Å². The average Bonchev–Trinajstić information content (AvgIpc) is 2.39. The van der Waals surface area contributed by atoms with E-state index in [0.29, 0.717) is 6.42 Å². The zero-order valence-corrected chi connectivity index (χ0v) is 10.5. The Labute approximate surface area is 108 Å². The normalized spacial score (nSPS) is 16.4. The monoisotopic (exact) mass is 248 g/mol. The predicted molar refractivity (Wildman–Crippen MR) is 71.2 cm³/mol. The van der Waals surface area contributed by atoms with Crippen molar-refractivity contribution in [3.05, 3.63) is 29.8 Å². The standard InChI is InChI=1S/C14H20N2O2/c15-12-4-1-11(2-5-12)3-6-14(17)16-13-7-9-18-10-8-13/h1-2,4-5,13H,3,6-10,15H2,(H,16,17). The fraction of sp³-hybridized carbons (Fsp3) is 0.500. The van der Waals surface area contributed by atoms with Crippen LogP contribution in [-0.2, 0) is 16.0 Å². The van der Waals surface area contributed by atoms with Gasteiger partial charge in [0.25, 0.3) is 0 Å². The van der Waals surface area contributed by atoms with Gasteiger partial charge in [-0.2, -0.15) is 0 Å². The number of hydrogen-bond donors (Lipinski definition) is 2. The van der Waals surface area contributed by atoms with E-state index in [0.717, 1.165) is 43.7 Å². The number of anilines is 1. The lowest BCUT2D eigenvalue weighted by Crippen LogP contribution is -2.38. The van der Waals surface area contributed by atoms with E-state index in [2.05, 4.69) is 5.32 Å². The largest absolute Gasteiger partial charge is 0.399 e. The first kappa shape index (κ1) is 12.9. The van der Waals surface area contributed by atoms with Gasteiger partial charge in [-0.1, -0.05) is 12.1 Å². The highest BCUT2D eigenvalue weighted by Gasteiger charge is 2.15. The Morgan fingerprint density at radius 3 is 2.61 bits per heavy atom. The van der Waals surface area contributed by atoms with E-state index in [1.54, 1.807) is 0 Å². The summed E-state index contributed by atoms with van der Waals surface area (Å²) in [5.74, 6) is 0.124. The predicted octanol–water partition coefficient (Wildman–Crippen LogP) is 1.50. The van der Waals surface area contributed by atoms with Crippen LogP contribution in [0.4, 0.5) is 5.69 Å². The van der Waals surface area contributed by atoms with Crippen molar-refractivity contribution in [3.8, 4) is 0 Å². The molecule has 1 amide bonds. The van der Waals surface area contributed by atoms with E-state index in [9.17, 15) is 4.79 Å². The van der Waals surface area contributed by atoms with Crippen LogP contribution in [0, 0.1) is 0 Å². The Hall–Kier alpha value is -1.55. The number of amides is 1. The number of nitrogen functional groups attached to an aromatic ring is 1. The molecule has 0 unspecified atom stereocenters. The van der Waals surface area contributed by atoms with E-state index >= 15 is 0 Å². The van der Waals surface area contributed by atoms with Crippen LogP contribution >= 0.6 is 0 Å². The SMILES string of the molecule is Nc1ccc(CCC(=O)NC2CCOCC2)cc1. The van der Waals surface area contributed by atoms with Gasteiger partial charge in [0.15, 0.2) is 0 Å². The number of nitrogens with one attached hydrogen (secondary N) is 1. The number of carbonyl (C=O) groups excluding carboxylic acids is 1. The molecule has 1 fully saturated rings. The van der Waals surface area contributed by atoms with Gasteiger partial charge in [0, 0.05) is 31.4 Å². The molecule has 18 heavy (non-hydrogen) atoms. The Kier molecular flexibility index (Phi) is 4.59. The summed E-state index contributed by atoms with van der Waals surface area (Å²) in [5.41, 5.74) is 7.51. The third-order valence-corrected chi connectivity index (χ3v) is 3.21. The second kappa shape index (κ2) is 6.40. The fourth-order valence-corrected chi connectivity index (χ4v) is 2.08. The Morgan fingerprint density at radius 1 is 1.28 bits per heavy atom. The second-order valence-corrected chi connectivity index (χ2v) is 4.70. The van der Waals surface area contributed by atoms with Crippen LogP contribution in [0.1, 0.15) is 24.8 Å². The number of aryl methyl sites for hydroxylation is 1. The molecule has 98 valence electrons. The summed E-state index contributed by atoms with van der Waals surface area (Å²) < 4.78 is 5.26. The first-order valence-electron chi connectivity index (χ1n) is 6.45. The van der Waals surface area contributed by atoms with E-state index in [-0.39, 0.29) is 11.9 Å². The highest BCUT2D eigenvalue weighted by Crippen LogP contribution is 2.09. The first-order chi connectivity index (χ1) is 8.74. The molecule has 1 aromatic carbocycles. The van der Waals surface area contributed by atoms with Crippen molar-refractivity contribution in [2.24, 2.45) is 0 Å². The molecule has 0 atom stereocenters. The van der Waals surface area contributed by atoms with Crippen molar-refractivity contribution in [3.63, 3.8) is 0 Å². The summed E-state index contributed by atoms with van der Waals surface area (Å²) >= 11 is 0. The number of hydrogen-bond acceptors (Lipinski definition) is 3. The maximum Gasteiger partial charge on any atom is 0.220 e. The molecular formula is C14H20N2O2.